The predicted molar refractivity (Wildman–Crippen MR) is 135 cm³/mol. The number of nitrogens with one attached hydrogen (secondary N) is 3. The van der Waals surface area contributed by atoms with E-state index in [0.29, 0.717) is 48.0 Å². The van der Waals surface area contributed by atoms with Gasteiger partial charge in [0.2, 0.25) is 5.91 Å². The van der Waals surface area contributed by atoms with E-state index in [9.17, 15) is 9.59 Å². The Balaban J connectivity index is 1.99. The van der Waals surface area contributed by atoms with Crippen LogP contribution in [0.1, 0.15) is 50.4 Å². The number of carbonyl (C=O) groups excluding carboxylic acids is 2. The SMILES string of the molecule is CCCCNc1ccc(C(=O)NC2=NC(C)C(C)S2)c(NC(=O)CCOCCOCCN)c1. The fraction of sp³-hybridized carbons (Fsp3) is 0.609. The summed E-state index contributed by atoms with van der Waals surface area (Å²) in [6.45, 7) is 9.09. The number of rotatable bonds is 14. The molecule has 0 aromatic heterocycles. The highest BCUT2D eigenvalue weighted by Gasteiger charge is 2.25. The summed E-state index contributed by atoms with van der Waals surface area (Å²) >= 11 is 1.54. The number of thioether (sulfide) groups is 1. The monoisotopic (exact) mass is 479 g/mol. The fourth-order valence-electron chi connectivity index (χ4n) is 2.97. The molecular formula is C23H37N5O4S. The van der Waals surface area contributed by atoms with E-state index in [2.05, 4.69) is 34.8 Å². The van der Waals surface area contributed by atoms with E-state index in [1.165, 1.54) is 11.8 Å². The standard InChI is InChI=1S/C23H37N5O4S/c1-4-5-10-25-18-6-7-19(22(30)28-23-26-16(2)17(3)33-23)20(15-18)27-21(29)8-11-31-13-14-32-12-9-24/h6-7,15-17,25H,4-5,8-14,24H2,1-3H3,(H,27,29)(H,26,28,30). The average molecular weight is 480 g/mol. The molecule has 1 aromatic rings. The lowest BCUT2D eigenvalue weighted by atomic mass is 10.1. The predicted octanol–water partition coefficient (Wildman–Crippen LogP) is 2.83. The molecule has 0 radical (unpaired) electrons. The lowest BCUT2D eigenvalue weighted by Gasteiger charge is -2.14. The van der Waals surface area contributed by atoms with Gasteiger partial charge in [0, 0.05) is 24.0 Å². The smallest absolute Gasteiger partial charge is 0.259 e. The van der Waals surface area contributed by atoms with Crippen molar-refractivity contribution in [3.63, 3.8) is 0 Å². The molecule has 10 heteroatoms. The Morgan fingerprint density at radius 3 is 2.55 bits per heavy atom. The van der Waals surface area contributed by atoms with Gasteiger partial charge in [-0.3, -0.25) is 14.6 Å². The summed E-state index contributed by atoms with van der Waals surface area (Å²) in [5, 5.41) is 9.98. The molecule has 0 fully saturated rings. The molecule has 184 valence electrons. The number of unbranched alkanes of at least 4 members (excludes halogenated alkanes) is 1. The second-order valence-corrected chi connectivity index (χ2v) is 9.17. The summed E-state index contributed by atoms with van der Waals surface area (Å²) in [6, 6.07) is 5.51. The highest BCUT2D eigenvalue weighted by atomic mass is 32.2. The van der Waals surface area contributed by atoms with Crippen LogP contribution in [0.3, 0.4) is 0 Å². The minimum atomic E-state index is -0.300. The molecule has 0 aliphatic carbocycles. The van der Waals surface area contributed by atoms with E-state index in [1.807, 2.05) is 13.0 Å². The Kier molecular flexibility index (Phi) is 12.2. The number of carbonyl (C=O) groups is 2. The normalized spacial score (nSPS) is 17.5. The van der Waals surface area contributed by atoms with Crippen molar-refractivity contribution in [2.75, 3.05) is 50.2 Å². The Morgan fingerprint density at radius 1 is 1.12 bits per heavy atom. The molecule has 2 atom stereocenters. The first-order valence-electron chi connectivity index (χ1n) is 11.5. The second-order valence-electron chi connectivity index (χ2n) is 7.80. The third kappa shape index (κ3) is 9.71. The molecule has 2 amide bonds. The largest absolute Gasteiger partial charge is 0.385 e. The maximum absolute atomic E-state index is 12.9. The molecule has 0 saturated carbocycles. The number of amides is 2. The topological polar surface area (TPSA) is 127 Å². The minimum absolute atomic E-state index is 0.148. The van der Waals surface area contributed by atoms with Gasteiger partial charge in [-0.15, -0.1) is 0 Å². The first-order chi connectivity index (χ1) is 15.9. The van der Waals surface area contributed by atoms with E-state index in [0.717, 1.165) is 25.1 Å². The van der Waals surface area contributed by atoms with Gasteiger partial charge in [0.1, 0.15) is 0 Å². The maximum atomic E-state index is 12.9. The summed E-state index contributed by atoms with van der Waals surface area (Å²) in [7, 11) is 0. The molecule has 0 saturated heterocycles. The van der Waals surface area contributed by atoms with Crippen LogP contribution in [0.2, 0.25) is 0 Å². The number of aliphatic imine (C=N–C) groups is 1. The third-order valence-electron chi connectivity index (χ3n) is 5.02. The second kappa shape index (κ2) is 14.9. The van der Waals surface area contributed by atoms with Gasteiger partial charge in [0.25, 0.3) is 5.91 Å². The molecule has 1 aliphatic heterocycles. The third-order valence-corrected chi connectivity index (χ3v) is 6.22. The first-order valence-corrected chi connectivity index (χ1v) is 12.4. The van der Waals surface area contributed by atoms with Crippen LogP contribution in [0.15, 0.2) is 23.2 Å². The van der Waals surface area contributed by atoms with Crippen LogP contribution in [0.25, 0.3) is 0 Å². The highest BCUT2D eigenvalue weighted by Crippen LogP contribution is 2.26. The molecule has 1 heterocycles. The molecule has 1 aromatic carbocycles. The van der Waals surface area contributed by atoms with Crippen LogP contribution in [-0.2, 0) is 14.3 Å². The van der Waals surface area contributed by atoms with Crippen LogP contribution < -0.4 is 21.7 Å². The number of nitrogens with zero attached hydrogens (tertiary/aromatic N) is 1. The molecule has 9 nitrogen and oxygen atoms in total. The van der Waals surface area contributed by atoms with Crippen LogP contribution in [0, 0.1) is 0 Å². The number of anilines is 2. The molecule has 1 aliphatic rings. The number of amidine groups is 1. The Bertz CT molecular complexity index is 805. The molecule has 0 spiro atoms. The van der Waals surface area contributed by atoms with Crippen molar-refractivity contribution in [2.45, 2.75) is 51.3 Å². The van der Waals surface area contributed by atoms with Crippen molar-refractivity contribution in [3.05, 3.63) is 23.8 Å². The van der Waals surface area contributed by atoms with Crippen molar-refractivity contribution < 1.29 is 19.1 Å². The van der Waals surface area contributed by atoms with E-state index in [1.54, 1.807) is 12.1 Å². The molecule has 5 N–H and O–H groups in total. The zero-order valence-electron chi connectivity index (χ0n) is 19.8. The van der Waals surface area contributed by atoms with E-state index in [4.69, 9.17) is 15.2 Å². The number of benzene rings is 1. The lowest BCUT2D eigenvalue weighted by Crippen LogP contribution is -2.29. The number of nitrogens with two attached hydrogens (primary N) is 1. The maximum Gasteiger partial charge on any atom is 0.259 e. The fourth-order valence-corrected chi connectivity index (χ4v) is 3.96. The first kappa shape index (κ1) is 27.1. The van der Waals surface area contributed by atoms with Crippen molar-refractivity contribution in [1.82, 2.24) is 5.32 Å². The van der Waals surface area contributed by atoms with Crippen LogP contribution in [-0.4, -0.2) is 67.8 Å². The van der Waals surface area contributed by atoms with Crippen LogP contribution in [0.4, 0.5) is 11.4 Å². The van der Waals surface area contributed by atoms with Crippen molar-refractivity contribution in [3.8, 4) is 0 Å². The highest BCUT2D eigenvalue weighted by molar-refractivity contribution is 8.14. The van der Waals surface area contributed by atoms with Crippen molar-refractivity contribution in [2.24, 2.45) is 10.7 Å². The molecule has 2 rings (SSSR count). The zero-order valence-corrected chi connectivity index (χ0v) is 20.6. The van der Waals surface area contributed by atoms with Gasteiger partial charge in [0.15, 0.2) is 5.17 Å². The van der Waals surface area contributed by atoms with Crippen molar-refractivity contribution >= 4 is 40.1 Å². The number of ether oxygens (including phenoxy) is 2. The number of hydrogen-bond donors (Lipinski definition) is 4. The van der Waals surface area contributed by atoms with Gasteiger partial charge in [-0.2, -0.15) is 0 Å². The summed E-state index contributed by atoms with van der Waals surface area (Å²) < 4.78 is 10.7. The number of hydrogen-bond acceptors (Lipinski definition) is 8. The van der Waals surface area contributed by atoms with E-state index in [-0.39, 0.29) is 30.9 Å². The van der Waals surface area contributed by atoms with Gasteiger partial charge >= 0.3 is 0 Å². The van der Waals surface area contributed by atoms with E-state index >= 15 is 0 Å². The van der Waals surface area contributed by atoms with Gasteiger partial charge in [0.05, 0.1) is 50.1 Å². The van der Waals surface area contributed by atoms with Crippen LogP contribution >= 0.6 is 11.8 Å². The summed E-state index contributed by atoms with van der Waals surface area (Å²) in [5.74, 6) is -0.529. The van der Waals surface area contributed by atoms with Crippen molar-refractivity contribution in [1.29, 1.82) is 0 Å². The minimum Gasteiger partial charge on any atom is -0.385 e. The van der Waals surface area contributed by atoms with Gasteiger partial charge in [-0.25, -0.2) is 0 Å². The summed E-state index contributed by atoms with van der Waals surface area (Å²) in [5.41, 5.74) is 7.04. The molecule has 33 heavy (non-hydrogen) atoms. The lowest BCUT2D eigenvalue weighted by molar-refractivity contribution is -0.117. The van der Waals surface area contributed by atoms with Gasteiger partial charge in [-0.1, -0.05) is 32.0 Å². The van der Waals surface area contributed by atoms with Crippen LogP contribution in [0.5, 0.6) is 0 Å². The summed E-state index contributed by atoms with van der Waals surface area (Å²) in [4.78, 5) is 29.9. The quantitative estimate of drug-likeness (QED) is 0.302. The molecule has 0 bridgehead atoms. The van der Waals surface area contributed by atoms with Gasteiger partial charge in [-0.05, 0) is 31.5 Å². The van der Waals surface area contributed by atoms with E-state index < -0.39 is 0 Å². The molecule has 2 unspecified atom stereocenters. The Labute approximate surface area is 200 Å². The molecular weight excluding hydrogens is 442 g/mol. The summed E-state index contributed by atoms with van der Waals surface area (Å²) in [6.07, 6.45) is 2.28. The zero-order chi connectivity index (χ0) is 24.1. The average Bonchev–Trinajstić information content (AvgIpc) is 3.10. The Hall–Kier alpha value is -2.14. The van der Waals surface area contributed by atoms with Gasteiger partial charge < -0.3 is 31.2 Å². The Morgan fingerprint density at radius 2 is 1.88 bits per heavy atom.